The number of aromatic hydroxyl groups is 1. The minimum atomic E-state index is -1.10. The normalized spacial score (nSPS) is 21.1. The molecule has 1 atom stereocenters. The molecule has 2 nitrogen and oxygen atoms in total. The quantitative estimate of drug-likeness (QED) is 0.731. The van der Waals surface area contributed by atoms with Crippen LogP contribution in [0.1, 0.15) is 24.6 Å². The fourth-order valence-corrected chi connectivity index (χ4v) is 1.37. The van der Waals surface area contributed by atoms with Gasteiger partial charge in [0.2, 0.25) is 0 Å². The Morgan fingerprint density at radius 1 is 1.31 bits per heavy atom. The molecule has 3 N–H and O–H groups in total. The highest BCUT2D eigenvalue weighted by Gasteiger charge is 2.47. The summed E-state index contributed by atoms with van der Waals surface area (Å²) in [6.07, 6.45) is 0.387. The number of hydrogen-bond donors (Lipinski definition) is 2. The van der Waals surface area contributed by atoms with Crippen molar-refractivity contribution in [1.29, 1.82) is 0 Å². The van der Waals surface area contributed by atoms with Gasteiger partial charge < -0.3 is 10.8 Å². The van der Waals surface area contributed by atoms with Gasteiger partial charge in [0.15, 0.2) is 0 Å². The van der Waals surface area contributed by atoms with Gasteiger partial charge in [0.25, 0.3) is 0 Å². The van der Waals surface area contributed by atoms with Crippen molar-refractivity contribution in [1.82, 2.24) is 0 Å². The van der Waals surface area contributed by atoms with Crippen LogP contribution < -0.4 is 5.73 Å². The maximum absolute atomic E-state index is 13.6. The molecule has 0 spiro atoms. The summed E-state index contributed by atoms with van der Waals surface area (Å²) in [7, 11) is 0. The van der Waals surface area contributed by atoms with E-state index in [0.717, 1.165) is 12.8 Å². The Hall–Kier alpha value is -1.09. The fourth-order valence-electron chi connectivity index (χ4n) is 1.37. The zero-order valence-corrected chi connectivity index (χ0v) is 7.20. The van der Waals surface area contributed by atoms with E-state index in [2.05, 4.69) is 0 Å². The molecule has 0 saturated heterocycles. The Kier molecular flexibility index (Phi) is 1.77. The van der Waals surface area contributed by atoms with Crippen LogP contribution in [0.5, 0.6) is 5.75 Å². The molecule has 3 heteroatoms. The molecule has 0 aromatic heterocycles. The topological polar surface area (TPSA) is 46.2 Å². The highest BCUT2D eigenvalue weighted by Crippen LogP contribution is 2.45. The third kappa shape index (κ3) is 1.52. The molecule has 1 aromatic rings. The average Bonchev–Trinajstić information content (AvgIpc) is 2.85. The van der Waals surface area contributed by atoms with Gasteiger partial charge >= 0.3 is 0 Å². The number of benzene rings is 1. The zero-order valence-electron chi connectivity index (χ0n) is 7.20. The van der Waals surface area contributed by atoms with Gasteiger partial charge in [0, 0.05) is 0 Å². The van der Waals surface area contributed by atoms with Crippen LogP contribution in [0, 0.1) is 0 Å². The molecule has 0 bridgehead atoms. The van der Waals surface area contributed by atoms with Crippen LogP contribution in [0.4, 0.5) is 4.39 Å². The fraction of sp³-hybridized carbons (Fsp3) is 0.400. The van der Waals surface area contributed by atoms with Crippen molar-refractivity contribution in [3.63, 3.8) is 0 Å². The molecule has 0 amide bonds. The number of hydrogen-bond acceptors (Lipinski definition) is 2. The SMILES string of the molecule is NC1(C(F)c2ccc(O)cc2)CC1. The molecule has 2 rings (SSSR count). The Labute approximate surface area is 76.2 Å². The highest BCUT2D eigenvalue weighted by atomic mass is 19.1. The van der Waals surface area contributed by atoms with E-state index in [-0.39, 0.29) is 5.75 Å². The smallest absolute Gasteiger partial charge is 0.143 e. The van der Waals surface area contributed by atoms with E-state index >= 15 is 0 Å². The molecule has 0 radical (unpaired) electrons. The molecule has 0 aliphatic heterocycles. The number of rotatable bonds is 2. The molecule has 1 fully saturated rings. The van der Waals surface area contributed by atoms with Crippen molar-refractivity contribution in [3.05, 3.63) is 29.8 Å². The van der Waals surface area contributed by atoms with E-state index in [0.29, 0.717) is 5.56 Å². The summed E-state index contributed by atoms with van der Waals surface area (Å²) in [5, 5.41) is 9.00. The first kappa shape index (κ1) is 8.51. The summed E-state index contributed by atoms with van der Waals surface area (Å²) in [5.41, 5.74) is 5.63. The molecule has 1 aliphatic carbocycles. The van der Waals surface area contributed by atoms with Crippen LogP contribution in [-0.2, 0) is 0 Å². The number of phenolic OH excluding ortho intramolecular Hbond substituents is 1. The van der Waals surface area contributed by atoms with Gasteiger partial charge in [0.1, 0.15) is 11.9 Å². The van der Waals surface area contributed by atoms with Gasteiger partial charge in [-0.2, -0.15) is 0 Å². The standard InChI is InChI=1S/C10H12FNO/c11-9(10(12)5-6-10)7-1-3-8(13)4-2-7/h1-4,9,13H,5-6,12H2. The predicted molar refractivity (Wildman–Crippen MR) is 48.1 cm³/mol. The van der Waals surface area contributed by atoms with Gasteiger partial charge in [-0.3, -0.25) is 0 Å². The first-order valence-corrected chi connectivity index (χ1v) is 4.34. The maximum atomic E-state index is 13.6. The molecule has 1 aromatic carbocycles. The third-order valence-corrected chi connectivity index (χ3v) is 2.52. The lowest BCUT2D eigenvalue weighted by atomic mass is 10.0. The summed E-state index contributed by atoms with van der Waals surface area (Å²) >= 11 is 0. The van der Waals surface area contributed by atoms with Crippen LogP contribution in [0.2, 0.25) is 0 Å². The molecule has 1 unspecified atom stereocenters. The molecule has 0 heterocycles. The van der Waals surface area contributed by atoms with E-state index in [1.165, 1.54) is 12.1 Å². The zero-order chi connectivity index (χ0) is 9.47. The first-order valence-electron chi connectivity index (χ1n) is 4.34. The van der Waals surface area contributed by atoms with Gasteiger partial charge in [-0.1, -0.05) is 12.1 Å². The van der Waals surface area contributed by atoms with E-state index in [9.17, 15) is 4.39 Å². The summed E-state index contributed by atoms with van der Waals surface area (Å²) in [6, 6.07) is 6.11. The van der Waals surface area contributed by atoms with E-state index in [4.69, 9.17) is 10.8 Å². The summed E-state index contributed by atoms with van der Waals surface area (Å²) in [4.78, 5) is 0. The van der Waals surface area contributed by atoms with E-state index < -0.39 is 11.7 Å². The third-order valence-electron chi connectivity index (χ3n) is 2.52. The largest absolute Gasteiger partial charge is 0.508 e. The highest BCUT2D eigenvalue weighted by molar-refractivity contribution is 5.30. The lowest BCUT2D eigenvalue weighted by molar-refractivity contribution is 0.274. The van der Waals surface area contributed by atoms with Crippen LogP contribution in [0.15, 0.2) is 24.3 Å². The van der Waals surface area contributed by atoms with Crippen LogP contribution in [-0.4, -0.2) is 10.6 Å². The molecule has 1 saturated carbocycles. The Morgan fingerprint density at radius 2 is 1.85 bits per heavy atom. The molecule has 13 heavy (non-hydrogen) atoms. The molecule has 1 aliphatic rings. The number of phenols is 1. The second-order valence-electron chi connectivity index (χ2n) is 3.69. The summed E-state index contributed by atoms with van der Waals surface area (Å²) < 4.78 is 13.6. The van der Waals surface area contributed by atoms with Crippen molar-refractivity contribution >= 4 is 0 Å². The van der Waals surface area contributed by atoms with Crippen molar-refractivity contribution < 1.29 is 9.50 Å². The van der Waals surface area contributed by atoms with Crippen molar-refractivity contribution in [2.45, 2.75) is 24.6 Å². The number of nitrogens with two attached hydrogens (primary N) is 1. The van der Waals surface area contributed by atoms with Crippen molar-refractivity contribution in [2.75, 3.05) is 0 Å². The van der Waals surface area contributed by atoms with Crippen molar-refractivity contribution in [2.24, 2.45) is 5.73 Å². The van der Waals surface area contributed by atoms with Gasteiger partial charge in [-0.15, -0.1) is 0 Å². The van der Waals surface area contributed by atoms with Gasteiger partial charge in [-0.05, 0) is 30.5 Å². The average molecular weight is 181 g/mol. The lowest BCUT2D eigenvalue weighted by Gasteiger charge is -2.15. The van der Waals surface area contributed by atoms with E-state index in [1.54, 1.807) is 12.1 Å². The second kappa shape index (κ2) is 2.70. The maximum Gasteiger partial charge on any atom is 0.143 e. The Bertz CT molecular complexity index is 305. The molecular formula is C10H12FNO. The second-order valence-corrected chi connectivity index (χ2v) is 3.69. The molecule has 70 valence electrons. The first-order chi connectivity index (χ1) is 6.12. The monoisotopic (exact) mass is 181 g/mol. The van der Waals surface area contributed by atoms with Gasteiger partial charge in [-0.25, -0.2) is 4.39 Å². The van der Waals surface area contributed by atoms with Crippen molar-refractivity contribution in [3.8, 4) is 5.75 Å². The van der Waals surface area contributed by atoms with Crippen LogP contribution >= 0.6 is 0 Å². The minimum Gasteiger partial charge on any atom is -0.508 e. The summed E-state index contributed by atoms with van der Waals surface area (Å²) in [5.74, 6) is 0.151. The van der Waals surface area contributed by atoms with Gasteiger partial charge in [0.05, 0.1) is 5.54 Å². The predicted octanol–water partition coefficient (Wildman–Crippen LogP) is 1.89. The van der Waals surface area contributed by atoms with Crippen LogP contribution in [0.3, 0.4) is 0 Å². The lowest BCUT2D eigenvalue weighted by Crippen LogP contribution is -2.27. The number of alkyl halides is 1. The Morgan fingerprint density at radius 3 is 2.31 bits per heavy atom. The number of halogens is 1. The Balaban J connectivity index is 2.20. The van der Waals surface area contributed by atoms with E-state index in [1.807, 2.05) is 0 Å². The summed E-state index contributed by atoms with van der Waals surface area (Å²) in [6.45, 7) is 0. The van der Waals surface area contributed by atoms with Crippen LogP contribution in [0.25, 0.3) is 0 Å². The minimum absolute atomic E-state index is 0.151. The molecular weight excluding hydrogens is 169 g/mol.